The lowest BCUT2D eigenvalue weighted by Gasteiger charge is -2.13. The molecule has 0 saturated carbocycles. The highest BCUT2D eigenvalue weighted by Crippen LogP contribution is 1.94. The summed E-state index contributed by atoms with van der Waals surface area (Å²) in [5.41, 5.74) is 5.57. The number of nitrogens with two attached hydrogens (primary N) is 1. The number of rotatable bonds is 7. The maximum atomic E-state index is 11.4. The van der Waals surface area contributed by atoms with Crippen molar-refractivity contribution in [2.45, 2.75) is 25.8 Å². The zero-order chi connectivity index (χ0) is 12.8. The molecular formula is C9H21N3O3S. The van der Waals surface area contributed by atoms with Crippen molar-refractivity contribution >= 4 is 15.9 Å². The van der Waals surface area contributed by atoms with Gasteiger partial charge in [-0.25, -0.2) is 12.7 Å². The Morgan fingerprint density at radius 2 is 2.00 bits per heavy atom. The van der Waals surface area contributed by atoms with E-state index in [0.717, 1.165) is 10.7 Å². The van der Waals surface area contributed by atoms with Crippen LogP contribution < -0.4 is 11.1 Å². The quantitative estimate of drug-likeness (QED) is 0.614. The van der Waals surface area contributed by atoms with Gasteiger partial charge in [0.25, 0.3) is 0 Å². The van der Waals surface area contributed by atoms with Crippen molar-refractivity contribution in [3.63, 3.8) is 0 Å². The first-order chi connectivity index (χ1) is 7.31. The second kappa shape index (κ2) is 6.82. The van der Waals surface area contributed by atoms with Crippen LogP contribution in [-0.2, 0) is 14.8 Å². The molecule has 0 aromatic carbocycles. The summed E-state index contributed by atoms with van der Waals surface area (Å²) < 4.78 is 23.8. The summed E-state index contributed by atoms with van der Waals surface area (Å²) in [5.74, 6) is -0.402. The Hall–Kier alpha value is -0.660. The normalized spacial score (nSPS) is 13.8. The molecule has 0 heterocycles. The summed E-state index contributed by atoms with van der Waals surface area (Å²) >= 11 is 0. The largest absolute Gasteiger partial charge is 0.354 e. The topological polar surface area (TPSA) is 92.5 Å². The Labute approximate surface area is 97.2 Å². The van der Waals surface area contributed by atoms with Crippen molar-refractivity contribution in [1.29, 1.82) is 0 Å². The van der Waals surface area contributed by atoms with Crippen LogP contribution in [0.1, 0.15) is 19.8 Å². The van der Waals surface area contributed by atoms with Gasteiger partial charge in [-0.2, -0.15) is 0 Å². The molecule has 0 bridgehead atoms. The van der Waals surface area contributed by atoms with Crippen LogP contribution in [0.4, 0.5) is 0 Å². The van der Waals surface area contributed by atoms with Crippen LogP contribution in [0.15, 0.2) is 0 Å². The third kappa shape index (κ3) is 5.43. The van der Waals surface area contributed by atoms with Gasteiger partial charge in [0.05, 0.1) is 11.8 Å². The molecule has 0 aliphatic carbocycles. The lowest BCUT2D eigenvalue weighted by Crippen LogP contribution is -2.43. The highest BCUT2D eigenvalue weighted by molar-refractivity contribution is 7.89. The van der Waals surface area contributed by atoms with E-state index in [4.69, 9.17) is 5.73 Å². The average Bonchev–Trinajstić information content (AvgIpc) is 2.17. The monoisotopic (exact) mass is 251 g/mol. The van der Waals surface area contributed by atoms with Gasteiger partial charge in [0.1, 0.15) is 0 Å². The zero-order valence-electron chi connectivity index (χ0n) is 10.1. The molecule has 0 aromatic heterocycles. The molecule has 0 rings (SSSR count). The fourth-order valence-corrected chi connectivity index (χ4v) is 1.78. The maximum Gasteiger partial charge on any atom is 0.236 e. The Balaban J connectivity index is 3.96. The lowest BCUT2D eigenvalue weighted by atomic mass is 10.2. The number of nitrogens with one attached hydrogen (secondary N) is 1. The van der Waals surface area contributed by atoms with Gasteiger partial charge in [-0.3, -0.25) is 4.79 Å². The maximum absolute atomic E-state index is 11.4. The van der Waals surface area contributed by atoms with Gasteiger partial charge in [-0.1, -0.05) is 13.3 Å². The first kappa shape index (κ1) is 15.3. The fourth-order valence-electron chi connectivity index (χ4n) is 1.06. The molecule has 6 nitrogen and oxygen atoms in total. The van der Waals surface area contributed by atoms with Gasteiger partial charge < -0.3 is 11.1 Å². The second-order valence-corrected chi connectivity index (χ2v) is 6.09. The van der Waals surface area contributed by atoms with E-state index in [9.17, 15) is 13.2 Å². The standard InChI is InChI=1S/C9H21N3O3S/c1-4-5-8(10)9(13)11-6-7-16(14,15)12(2)3/h8H,4-7,10H2,1-3H3,(H,11,13). The van der Waals surface area contributed by atoms with Crippen molar-refractivity contribution in [2.75, 3.05) is 26.4 Å². The molecule has 0 radical (unpaired) electrons. The van der Waals surface area contributed by atoms with Crippen molar-refractivity contribution in [1.82, 2.24) is 9.62 Å². The Kier molecular flexibility index (Phi) is 6.54. The van der Waals surface area contributed by atoms with E-state index < -0.39 is 16.1 Å². The fraction of sp³-hybridized carbons (Fsp3) is 0.889. The minimum absolute atomic E-state index is 0.0940. The predicted octanol–water partition coefficient (Wildman–Crippen LogP) is -0.879. The van der Waals surface area contributed by atoms with Crippen LogP contribution in [0.5, 0.6) is 0 Å². The molecule has 0 aromatic rings. The summed E-state index contributed by atoms with van der Waals surface area (Å²) in [4.78, 5) is 11.3. The van der Waals surface area contributed by atoms with E-state index in [0.29, 0.717) is 6.42 Å². The highest BCUT2D eigenvalue weighted by Gasteiger charge is 2.15. The average molecular weight is 251 g/mol. The summed E-state index contributed by atoms with van der Waals surface area (Å²) in [6.45, 7) is 2.03. The number of nitrogens with zero attached hydrogens (tertiary/aromatic N) is 1. The molecular weight excluding hydrogens is 230 g/mol. The van der Waals surface area contributed by atoms with E-state index in [1.54, 1.807) is 0 Å². The van der Waals surface area contributed by atoms with Crippen molar-refractivity contribution in [3.8, 4) is 0 Å². The van der Waals surface area contributed by atoms with Crippen molar-refractivity contribution in [2.24, 2.45) is 5.73 Å². The van der Waals surface area contributed by atoms with Gasteiger partial charge in [0.15, 0.2) is 0 Å². The minimum atomic E-state index is -3.25. The molecule has 7 heteroatoms. The zero-order valence-corrected chi connectivity index (χ0v) is 10.9. The van der Waals surface area contributed by atoms with Crippen LogP contribution in [0, 0.1) is 0 Å². The summed E-state index contributed by atoms with van der Waals surface area (Å²) in [5, 5.41) is 2.51. The lowest BCUT2D eigenvalue weighted by molar-refractivity contribution is -0.122. The van der Waals surface area contributed by atoms with Gasteiger partial charge in [0, 0.05) is 20.6 Å². The van der Waals surface area contributed by atoms with Crippen LogP contribution >= 0.6 is 0 Å². The summed E-state index contributed by atoms with van der Waals surface area (Å²) in [6.07, 6.45) is 1.43. The highest BCUT2D eigenvalue weighted by atomic mass is 32.2. The Morgan fingerprint density at radius 3 is 2.44 bits per heavy atom. The summed E-state index contributed by atoms with van der Waals surface area (Å²) in [7, 11) is -0.337. The van der Waals surface area contributed by atoms with Crippen molar-refractivity contribution < 1.29 is 13.2 Å². The third-order valence-corrected chi connectivity index (χ3v) is 3.98. The molecule has 0 aliphatic rings. The molecule has 16 heavy (non-hydrogen) atoms. The van der Waals surface area contributed by atoms with Gasteiger partial charge in [-0.15, -0.1) is 0 Å². The Bertz CT molecular complexity index is 314. The van der Waals surface area contributed by atoms with E-state index in [-0.39, 0.29) is 18.2 Å². The summed E-state index contributed by atoms with van der Waals surface area (Å²) in [6, 6.07) is -0.549. The van der Waals surface area contributed by atoms with Crippen LogP contribution in [0.2, 0.25) is 0 Å². The molecule has 3 N–H and O–H groups in total. The number of hydrogen-bond acceptors (Lipinski definition) is 4. The van der Waals surface area contributed by atoms with Crippen LogP contribution in [0.3, 0.4) is 0 Å². The number of amides is 1. The van der Waals surface area contributed by atoms with Gasteiger partial charge >= 0.3 is 0 Å². The van der Waals surface area contributed by atoms with Gasteiger partial charge in [-0.05, 0) is 6.42 Å². The van der Waals surface area contributed by atoms with Crippen LogP contribution in [-0.4, -0.2) is 51.1 Å². The molecule has 0 spiro atoms. The Morgan fingerprint density at radius 1 is 1.44 bits per heavy atom. The third-order valence-electron chi connectivity index (χ3n) is 2.15. The number of sulfonamides is 1. The first-order valence-electron chi connectivity index (χ1n) is 5.24. The van der Waals surface area contributed by atoms with E-state index >= 15 is 0 Å². The number of carbonyl (C=O) groups excluding carboxylic acids is 1. The molecule has 0 saturated heterocycles. The predicted molar refractivity (Wildman–Crippen MR) is 63.4 cm³/mol. The van der Waals surface area contributed by atoms with Crippen molar-refractivity contribution in [3.05, 3.63) is 0 Å². The first-order valence-corrected chi connectivity index (χ1v) is 6.85. The minimum Gasteiger partial charge on any atom is -0.354 e. The van der Waals surface area contributed by atoms with E-state index in [1.165, 1.54) is 14.1 Å². The number of hydrogen-bond donors (Lipinski definition) is 2. The number of carbonyl (C=O) groups is 1. The smallest absolute Gasteiger partial charge is 0.236 e. The molecule has 1 amide bonds. The molecule has 96 valence electrons. The molecule has 1 atom stereocenters. The SMILES string of the molecule is CCCC(N)C(=O)NCCS(=O)(=O)N(C)C. The molecule has 0 fully saturated rings. The molecule has 1 unspecified atom stereocenters. The second-order valence-electron chi connectivity index (χ2n) is 3.78. The van der Waals surface area contributed by atoms with Gasteiger partial charge in [0.2, 0.25) is 15.9 Å². The van der Waals surface area contributed by atoms with E-state index in [2.05, 4.69) is 5.32 Å². The van der Waals surface area contributed by atoms with Crippen LogP contribution in [0.25, 0.3) is 0 Å². The van der Waals surface area contributed by atoms with E-state index in [1.807, 2.05) is 6.92 Å². The molecule has 0 aliphatic heterocycles.